The van der Waals surface area contributed by atoms with Crippen LogP contribution in [-0.2, 0) is 28.7 Å². The highest BCUT2D eigenvalue weighted by molar-refractivity contribution is 6.50. The molecule has 1 atom stereocenters. The van der Waals surface area contributed by atoms with E-state index in [1.54, 1.807) is 36.4 Å². The van der Waals surface area contributed by atoms with E-state index in [-0.39, 0.29) is 13.2 Å². The Labute approximate surface area is 182 Å². The van der Waals surface area contributed by atoms with E-state index in [1.165, 1.54) is 18.2 Å². The van der Waals surface area contributed by atoms with Gasteiger partial charge in [0.2, 0.25) is 0 Å². The van der Waals surface area contributed by atoms with Gasteiger partial charge >= 0.3 is 11.9 Å². The van der Waals surface area contributed by atoms with Crippen LogP contribution in [0.25, 0.3) is 0 Å². The van der Waals surface area contributed by atoms with Gasteiger partial charge in [0.05, 0.1) is 13.2 Å². The van der Waals surface area contributed by atoms with Crippen molar-refractivity contribution in [3.05, 3.63) is 54.6 Å². The van der Waals surface area contributed by atoms with E-state index in [2.05, 4.69) is 0 Å². The van der Waals surface area contributed by atoms with E-state index < -0.39 is 35.0 Å². The maximum Gasteiger partial charge on any atom is 0.376 e. The summed E-state index contributed by atoms with van der Waals surface area (Å²) in [5.41, 5.74) is -2.21. The minimum Gasteiger partial charge on any atom is -0.484 e. The fourth-order valence-electron chi connectivity index (χ4n) is 3.00. The van der Waals surface area contributed by atoms with Gasteiger partial charge in [-0.25, -0.2) is 9.59 Å². The molecule has 1 aliphatic rings. The van der Waals surface area contributed by atoms with Gasteiger partial charge in [-0.3, -0.25) is 9.59 Å². The summed E-state index contributed by atoms with van der Waals surface area (Å²) in [5.74, 6) is -4.34. The fourth-order valence-corrected chi connectivity index (χ4v) is 3.00. The molecule has 0 aromatic heterocycles. The first-order valence-electron chi connectivity index (χ1n) is 10.5. The van der Waals surface area contributed by atoms with Gasteiger partial charge in [-0.1, -0.05) is 63.1 Å². The van der Waals surface area contributed by atoms with E-state index in [0.29, 0.717) is 18.6 Å². The number of Topliss-reactive ketones (excluding diaryl/α,β-unsaturated/α-hetero) is 2. The topological polar surface area (TPSA) is 96.0 Å². The van der Waals surface area contributed by atoms with Gasteiger partial charge in [0.1, 0.15) is 11.9 Å². The molecule has 0 N–H and O–H groups in total. The first-order chi connectivity index (χ1) is 15.0. The molecule has 0 spiro atoms. The van der Waals surface area contributed by atoms with Crippen LogP contribution in [0.5, 0.6) is 5.75 Å². The van der Waals surface area contributed by atoms with Gasteiger partial charge in [0, 0.05) is 0 Å². The van der Waals surface area contributed by atoms with Crippen LogP contribution in [0.3, 0.4) is 0 Å². The van der Waals surface area contributed by atoms with Crippen molar-refractivity contribution in [1.82, 2.24) is 0 Å². The highest BCUT2D eigenvalue weighted by atomic mass is 16.5. The van der Waals surface area contributed by atoms with E-state index in [4.69, 9.17) is 14.2 Å². The highest BCUT2D eigenvalue weighted by Crippen LogP contribution is 2.35. The molecule has 0 aliphatic heterocycles. The SMILES string of the molecule is CCCCOC(=O)C(=O)C1(C(=O)C(=O)OCCCC)C=CC=CC1Oc1ccccc1. The summed E-state index contributed by atoms with van der Waals surface area (Å²) in [6.45, 7) is 3.89. The lowest BCUT2D eigenvalue weighted by Crippen LogP contribution is -2.55. The largest absolute Gasteiger partial charge is 0.484 e. The molecule has 0 fully saturated rings. The molecule has 0 saturated carbocycles. The standard InChI is InChI=1S/C24H28O7/c1-3-5-16-29-22(27)20(25)24(21(26)23(28)30-17-6-4-2)15-11-10-14-19(24)31-18-12-8-7-9-13-18/h7-15,19H,3-6,16-17H2,1-2H3. The predicted octanol–water partition coefficient (Wildman–Crippen LogP) is 3.37. The predicted molar refractivity (Wildman–Crippen MR) is 113 cm³/mol. The molecule has 1 unspecified atom stereocenters. The van der Waals surface area contributed by atoms with E-state index in [0.717, 1.165) is 12.8 Å². The summed E-state index contributed by atoms with van der Waals surface area (Å²) in [6.07, 6.45) is 7.12. The van der Waals surface area contributed by atoms with Crippen molar-refractivity contribution in [3.63, 3.8) is 0 Å². The van der Waals surface area contributed by atoms with Gasteiger partial charge in [0.25, 0.3) is 11.6 Å². The molecule has 7 nitrogen and oxygen atoms in total. The molecule has 166 valence electrons. The molecule has 0 radical (unpaired) electrons. The monoisotopic (exact) mass is 428 g/mol. The summed E-state index contributed by atoms with van der Waals surface area (Å²) in [4.78, 5) is 51.5. The van der Waals surface area contributed by atoms with Gasteiger partial charge in [-0.2, -0.15) is 0 Å². The first kappa shape index (κ1) is 24.1. The number of hydrogen-bond acceptors (Lipinski definition) is 7. The summed E-state index contributed by atoms with van der Waals surface area (Å²) in [5, 5.41) is 0. The normalized spacial score (nSPS) is 16.4. The smallest absolute Gasteiger partial charge is 0.376 e. The van der Waals surface area contributed by atoms with Crippen molar-refractivity contribution in [1.29, 1.82) is 0 Å². The lowest BCUT2D eigenvalue weighted by molar-refractivity contribution is -0.167. The second-order valence-corrected chi connectivity index (χ2v) is 7.10. The average molecular weight is 428 g/mol. The Hall–Kier alpha value is -3.22. The van der Waals surface area contributed by atoms with Crippen LogP contribution in [0.4, 0.5) is 0 Å². The Balaban J connectivity index is 2.39. The summed E-state index contributed by atoms with van der Waals surface area (Å²) < 4.78 is 16.0. The lowest BCUT2D eigenvalue weighted by Gasteiger charge is -2.34. The number of carbonyl (C=O) groups is 4. The van der Waals surface area contributed by atoms with Crippen LogP contribution in [0, 0.1) is 5.41 Å². The fraction of sp³-hybridized carbons (Fsp3) is 0.417. The van der Waals surface area contributed by atoms with Crippen LogP contribution in [0.1, 0.15) is 39.5 Å². The Bertz CT molecular complexity index is 805. The molecule has 1 aromatic carbocycles. The van der Waals surface area contributed by atoms with Crippen molar-refractivity contribution in [3.8, 4) is 5.75 Å². The zero-order chi connectivity index (χ0) is 22.7. The summed E-state index contributed by atoms with van der Waals surface area (Å²) >= 11 is 0. The first-order valence-corrected chi connectivity index (χ1v) is 10.5. The maximum atomic E-state index is 13.2. The van der Waals surface area contributed by atoms with E-state index in [1.807, 2.05) is 13.8 Å². The second kappa shape index (κ2) is 11.8. The number of carbonyl (C=O) groups excluding carboxylic acids is 4. The third-order valence-electron chi connectivity index (χ3n) is 4.80. The maximum absolute atomic E-state index is 13.2. The second-order valence-electron chi connectivity index (χ2n) is 7.10. The quantitative estimate of drug-likeness (QED) is 0.218. The molecule has 7 heteroatoms. The number of unbranched alkanes of at least 4 members (excludes halogenated alkanes) is 2. The van der Waals surface area contributed by atoms with Crippen LogP contribution in [0.2, 0.25) is 0 Å². The molecule has 0 heterocycles. The van der Waals surface area contributed by atoms with Gasteiger partial charge < -0.3 is 14.2 Å². The van der Waals surface area contributed by atoms with E-state index >= 15 is 0 Å². The number of para-hydroxylation sites is 1. The van der Waals surface area contributed by atoms with Crippen LogP contribution >= 0.6 is 0 Å². The molecule has 1 aromatic rings. The molecule has 1 aliphatic carbocycles. The lowest BCUT2D eigenvalue weighted by atomic mass is 9.71. The molecule has 0 saturated heterocycles. The van der Waals surface area contributed by atoms with Crippen LogP contribution in [0.15, 0.2) is 54.6 Å². The van der Waals surface area contributed by atoms with Crippen molar-refractivity contribution >= 4 is 23.5 Å². The molecule has 0 bridgehead atoms. The van der Waals surface area contributed by atoms with Crippen molar-refractivity contribution < 1.29 is 33.4 Å². The van der Waals surface area contributed by atoms with Crippen molar-refractivity contribution in [2.45, 2.75) is 45.6 Å². The number of rotatable bonds is 12. The Kier molecular flexibility index (Phi) is 9.18. The minimum atomic E-state index is -2.21. The molecule has 31 heavy (non-hydrogen) atoms. The molecular weight excluding hydrogens is 400 g/mol. The highest BCUT2D eigenvalue weighted by Gasteiger charge is 2.57. The molecule has 2 rings (SSSR count). The molecular formula is C24H28O7. The zero-order valence-electron chi connectivity index (χ0n) is 17.9. The number of benzene rings is 1. The van der Waals surface area contributed by atoms with Crippen molar-refractivity contribution in [2.24, 2.45) is 5.41 Å². The Morgan fingerprint density at radius 2 is 1.39 bits per heavy atom. The third kappa shape index (κ3) is 5.90. The van der Waals surface area contributed by atoms with Gasteiger partial charge in [0.15, 0.2) is 5.41 Å². The minimum absolute atomic E-state index is 0.0378. The molecule has 0 amide bonds. The van der Waals surface area contributed by atoms with Gasteiger partial charge in [-0.05, 0) is 31.1 Å². The van der Waals surface area contributed by atoms with E-state index in [9.17, 15) is 19.2 Å². The number of hydrogen-bond donors (Lipinski definition) is 0. The Morgan fingerprint density at radius 1 is 0.839 bits per heavy atom. The average Bonchev–Trinajstić information content (AvgIpc) is 2.79. The number of ether oxygens (including phenoxy) is 3. The zero-order valence-corrected chi connectivity index (χ0v) is 17.9. The number of esters is 2. The summed E-state index contributed by atoms with van der Waals surface area (Å²) in [6, 6.07) is 8.52. The Morgan fingerprint density at radius 3 is 1.90 bits per heavy atom. The number of ketones is 2. The number of allylic oxidation sites excluding steroid dienone is 2. The van der Waals surface area contributed by atoms with Crippen LogP contribution in [-0.4, -0.2) is 42.8 Å². The van der Waals surface area contributed by atoms with Crippen molar-refractivity contribution in [2.75, 3.05) is 13.2 Å². The van der Waals surface area contributed by atoms with Crippen LogP contribution < -0.4 is 4.74 Å². The summed E-state index contributed by atoms with van der Waals surface area (Å²) in [7, 11) is 0. The van der Waals surface area contributed by atoms with Gasteiger partial charge in [-0.15, -0.1) is 0 Å². The third-order valence-corrected chi connectivity index (χ3v) is 4.80.